The van der Waals surface area contributed by atoms with E-state index >= 15 is 0 Å². The maximum atomic E-state index is 9.61. The van der Waals surface area contributed by atoms with Crippen LogP contribution in [0.4, 0.5) is 0 Å². The Labute approximate surface area is 105 Å². The fraction of sp³-hybridized carbons (Fsp3) is 0.667. The lowest BCUT2D eigenvalue weighted by Crippen LogP contribution is -2.38. The molecule has 1 fully saturated rings. The van der Waals surface area contributed by atoms with Crippen molar-refractivity contribution in [3.8, 4) is 0 Å². The van der Waals surface area contributed by atoms with Crippen molar-refractivity contribution in [1.29, 1.82) is 0 Å². The van der Waals surface area contributed by atoms with E-state index in [0.717, 1.165) is 42.9 Å². The van der Waals surface area contributed by atoms with Crippen LogP contribution in [0.3, 0.4) is 0 Å². The molecule has 4 heteroatoms. The largest absolute Gasteiger partial charge is 0.453 e. The molecule has 3 nitrogen and oxygen atoms in total. The first-order valence-electron chi connectivity index (χ1n) is 5.80. The molecule has 2 rings (SSSR count). The number of likely N-dealkylation sites (tertiary alicyclic amines) is 1. The van der Waals surface area contributed by atoms with E-state index in [1.54, 1.807) is 0 Å². The van der Waals surface area contributed by atoms with Gasteiger partial charge < -0.3 is 9.52 Å². The molecule has 16 heavy (non-hydrogen) atoms. The van der Waals surface area contributed by atoms with E-state index in [1.807, 2.05) is 19.1 Å². The van der Waals surface area contributed by atoms with E-state index in [4.69, 9.17) is 4.42 Å². The number of furan rings is 1. The zero-order chi connectivity index (χ0) is 11.5. The second kappa shape index (κ2) is 5.34. The number of nitrogens with zero attached hydrogens (tertiary/aromatic N) is 1. The van der Waals surface area contributed by atoms with Crippen molar-refractivity contribution < 1.29 is 9.52 Å². The highest BCUT2D eigenvalue weighted by Crippen LogP contribution is 2.22. The van der Waals surface area contributed by atoms with Crippen LogP contribution in [0.2, 0.25) is 0 Å². The number of piperidine rings is 1. The van der Waals surface area contributed by atoms with Crippen LogP contribution in [-0.4, -0.2) is 29.2 Å². The lowest BCUT2D eigenvalue weighted by molar-refractivity contribution is 0.0571. The molecule has 1 N–H and O–H groups in total. The van der Waals surface area contributed by atoms with Gasteiger partial charge in [-0.1, -0.05) is 0 Å². The van der Waals surface area contributed by atoms with Crippen LogP contribution in [-0.2, 0) is 6.54 Å². The molecule has 1 aromatic rings. The summed E-state index contributed by atoms with van der Waals surface area (Å²) in [6, 6.07) is 3.92. The Morgan fingerprint density at radius 2 is 2.44 bits per heavy atom. The predicted octanol–water partition coefficient (Wildman–Crippen LogP) is 2.63. The third kappa shape index (κ3) is 3.09. The second-order valence-corrected chi connectivity index (χ2v) is 5.37. The maximum Gasteiger partial charge on any atom is 0.169 e. The normalized spacial score (nSPS) is 24.6. The summed E-state index contributed by atoms with van der Waals surface area (Å²) in [5.41, 5.74) is 0. The van der Waals surface area contributed by atoms with Crippen LogP contribution >= 0.6 is 15.9 Å². The molecule has 0 aromatic carbocycles. The van der Waals surface area contributed by atoms with Gasteiger partial charge in [0.05, 0.1) is 12.6 Å². The van der Waals surface area contributed by atoms with Gasteiger partial charge in [0.25, 0.3) is 0 Å². The molecule has 0 unspecified atom stereocenters. The topological polar surface area (TPSA) is 36.6 Å². The second-order valence-electron chi connectivity index (χ2n) is 4.58. The summed E-state index contributed by atoms with van der Waals surface area (Å²) in [6.45, 7) is 4.80. The third-order valence-corrected chi connectivity index (χ3v) is 3.66. The first kappa shape index (κ1) is 12.1. The van der Waals surface area contributed by atoms with Gasteiger partial charge in [-0.05, 0) is 60.3 Å². The summed E-state index contributed by atoms with van der Waals surface area (Å²) in [5, 5.41) is 9.61. The first-order valence-corrected chi connectivity index (χ1v) is 6.59. The predicted molar refractivity (Wildman–Crippen MR) is 66.1 cm³/mol. The van der Waals surface area contributed by atoms with Crippen molar-refractivity contribution in [3.05, 3.63) is 22.6 Å². The quantitative estimate of drug-likeness (QED) is 0.929. The molecule has 0 spiro atoms. The molecule has 0 radical (unpaired) electrons. The number of hydrogen-bond donors (Lipinski definition) is 1. The van der Waals surface area contributed by atoms with Crippen molar-refractivity contribution in [1.82, 2.24) is 4.90 Å². The van der Waals surface area contributed by atoms with Crippen molar-refractivity contribution in [3.63, 3.8) is 0 Å². The fourth-order valence-electron chi connectivity index (χ4n) is 2.29. The molecular weight excluding hydrogens is 270 g/mol. The van der Waals surface area contributed by atoms with Crippen LogP contribution < -0.4 is 0 Å². The zero-order valence-corrected chi connectivity index (χ0v) is 11.1. The van der Waals surface area contributed by atoms with Crippen molar-refractivity contribution >= 4 is 15.9 Å². The van der Waals surface area contributed by atoms with Gasteiger partial charge in [-0.2, -0.15) is 0 Å². The van der Waals surface area contributed by atoms with E-state index in [0.29, 0.717) is 5.92 Å². The van der Waals surface area contributed by atoms with E-state index < -0.39 is 0 Å². The lowest BCUT2D eigenvalue weighted by atomic mass is 9.93. The summed E-state index contributed by atoms with van der Waals surface area (Å²) in [7, 11) is 0. The molecule has 0 saturated carbocycles. The van der Waals surface area contributed by atoms with Gasteiger partial charge in [0.15, 0.2) is 4.67 Å². The van der Waals surface area contributed by atoms with Crippen LogP contribution in [0.5, 0.6) is 0 Å². The molecule has 1 aliphatic rings. The molecule has 0 amide bonds. The third-order valence-electron chi connectivity index (χ3n) is 3.23. The van der Waals surface area contributed by atoms with Crippen molar-refractivity contribution in [2.24, 2.45) is 5.92 Å². The van der Waals surface area contributed by atoms with Crippen LogP contribution in [0.1, 0.15) is 25.5 Å². The monoisotopic (exact) mass is 287 g/mol. The highest BCUT2D eigenvalue weighted by atomic mass is 79.9. The highest BCUT2D eigenvalue weighted by molar-refractivity contribution is 9.10. The molecule has 90 valence electrons. The van der Waals surface area contributed by atoms with E-state index in [9.17, 15) is 5.11 Å². The van der Waals surface area contributed by atoms with Gasteiger partial charge in [-0.25, -0.2) is 0 Å². The minimum Gasteiger partial charge on any atom is -0.453 e. The van der Waals surface area contributed by atoms with E-state index in [2.05, 4.69) is 20.8 Å². The van der Waals surface area contributed by atoms with Crippen molar-refractivity contribution in [2.45, 2.75) is 32.4 Å². The molecule has 0 aliphatic carbocycles. The Morgan fingerprint density at radius 1 is 1.62 bits per heavy atom. The van der Waals surface area contributed by atoms with Crippen LogP contribution in [0.25, 0.3) is 0 Å². The maximum absolute atomic E-state index is 9.61. The smallest absolute Gasteiger partial charge is 0.169 e. The summed E-state index contributed by atoms with van der Waals surface area (Å²) in [6.07, 6.45) is 2.10. The Kier molecular flexibility index (Phi) is 4.05. The number of aliphatic hydroxyl groups is 1. The average Bonchev–Trinajstić information content (AvgIpc) is 2.64. The number of aliphatic hydroxyl groups excluding tert-OH is 1. The number of rotatable bonds is 3. The summed E-state index contributed by atoms with van der Waals surface area (Å²) >= 11 is 3.31. The lowest BCUT2D eigenvalue weighted by Gasteiger charge is -2.33. The molecule has 1 saturated heterocycles. The summed E-state index contributed by atoms with van der Waals surface area (Å²) < 4.78 is 6.28. The van der Waals surface area contributed by atoms with Crippen molar-refractivity contribution in [2.75, 3.05) is 13.1 Å². The molecule has 2 heterocycles. The van der Waals surface area contributed by atoms with Gasteiger partial charge in [0.2, 0.25) is 0 Å². The van der Waals surface area contributed by atoms with E-state index in [1.165, 1.54) is 0 Å². The SMILES string of the molecule is C[C@H](O)[C@H]1CCCN(Cc2ccc(Br)o2)C1. The Balaban J connectivity index is 1.90. The van der Waals surface area contributed by atoms with Gasteiger partial charge >= 0.3 is 0 Å². The van der Waals surface area contributed by atoms with Gasteiger partial charge in [-0.3, -0.25) is 4.90 Å². The van der Waals surface area contributed by atoms with Crippen LogP contribution in [0, 0.1) is 5.92 Å². The van der Waals surface area contributed by atoms with Crippen LogP contribution in [0.15, 0.2) is 21.2 Å². The van der Waals surface area contributed by atoms with E-state index in [-0.39, 0.29) is 6.10 Å². The fourth-order valence-corrected chi connectivity index (χ4v) is 2.63. The number of hydrogen-bond acceptors (Lipinski definition) is 3. The molecule has 2 atom stereocenters. The minimum atomic E-state index is -0.203. The zero-order valence-electron chi connectivity index (χ0n) is 9.53. The van der Waals surface area contributed by atoms with Gasteiger partial charge in [-0.15, -0.1) is 0 Å². The Hall–Kier alpha value is -0.320. The number of halogens is 1. The standard InChI is InChI=1S/C12H18BrNO2/c1-9(15)10-3-2-6-14(7-10)8-11-4-5-12(13)16-11/h4-5,9-10,15H,2-3,6-8H2,1H3/t9-,10-/m0/s1. The summed E-state index contributed by atoms with van der Waals surface area (Å²) in [5.74, 6) is 1.39. The Bertz CT molecular complexity index is 338. The molecular formula is C12H18BrNO2. The molecule has 1 aliphatic heterocycles. The first-order chi connectivity index (χ1) is 7.65. The molecule has 0 bridgehead atoms. The Morgan fingerprint density at radius 3 is 3.06 bits per heavy atom. The molecule has 1 aromatic heterocycles. The van der Waals surface area contributed by atoms with Gasteiger partial charge in [0.1, 0.15) is 5.76 Å². The average molecular weight is 288 g/mol. The highest BCUT2D eigenvalue weighted by Gasteiger charge is 2.23. The van der Waals surface area contributed by atoms with Gasteiger partial charge in [0, 0.05) is 6.54 Å². The summed E-state index contributed by atoms with van der Waals surface area (Å²) in [4.78, 5) is 2.35. The minimum absolute atomic E-state index is 0.203.